The van der Waals surface area contributed by atoms with Crippen molar-refractivity contribution in [3.05, 3.63) is 0 Å². The lowest BCUT2D eigenvalue weighted by molar-refractivity contribution is -0.167. The van der Waals surface area contributed by atoms with Crippen molar-refractivity contribution < 1.29 is 19.1 Å². The lowest BCUT2D eigenvalue weighted by Gasteiger charge is -2.22. The van der Waals surface area contributed by atoms with Gasteiger partial charge in [0.05, 0.1) is 0 Å². The fourth-order valence-corrected chi connectivity index (χ4v) is 0.570. The molecule has 0 bridgehead atoms. The van der Waals surface area contributed by atoms with Gasteiger partial charge in [0.15, 0.2) is 6.61 Å². The van der Waals surface area contributed by atoms with Crippen LogP contribution < -0.4 is 0 Å². The van der Waals surface area contributed by atoms with E-state index in [2.05, 4.69) is 4.74 Å². The molecule has 0 aliphatic carbocycles. The van der Waals surface area contributed by atoms with Gasteiger partial charge in [-0.2, -0.15) is 0 Å². The third kappa shape index (κ3) is 6.13. The number of carbonyl (C=O) groups excluding carboxylic acids is 2. The van der Waals surface area contributed by atoms with Crippen LogP contribution in [0.25, 0.3) is 0 Å². The first-order valence-electron chi connectivity index (χ1n) is 4.22. The molecule has 0 atom stereocenters. The molecule has 0 saturated carbocycles. The molecular weight excluding hydrogens is 172 g/mol. The highest BCUT2D eigenvalue weighted by molar-refractivity contribution is 5.75. The van der Waals surface area contributed by atoms with E-state index in [9.17, 15) is 9.59 Å². The smallest absolute Gasteiger partial charge is 0.344 e. The first-order valence-corrected chi connectivity index (χ1v) is 4.22. The molecular formula is C9H16O4. The molecule has 0 fully saturated rings. The highest BCUT2D eigenvalue weighted by Gasteiger charge is 2.20. The maximum atomic E-state index is 11.0. The van der Waals surface area contributed by atoms with E-state index in [4.69, 9.17) is 4.74 Å². The summed E-state index contributed by atoms with van der Waals surface area (Å²) in [6, 6.07) is 0. The van der Waals surface area contributed by atoms with Gasteiger partial charge in [-0.25, -0.2) is 4.79 Å². The molecule has 0 aromatic rings. The zero-order chi connectivity index (χ0) is 10.5. The standard InChI is InChI=1S/C9H16O4/c1-5-9(3,4)13-8(11)6-12-7(2)10/h5-6H2,1-4H3. The van der Waals surface area contributed by atoms with Crippen LogP contribution in [-0.4, -0.2) is 24.1 Å². The Bertz CT molecular complexity index is 196. The van der Waals surface area contributed by atoms with Crippen LogP contribution in [0.3, 0.4) is 0 Å². The van der Waals surface area contributed by atoms with Crippen molar-refractivity contribution in [3.63, 3.8) is 0 Å². The van der Waals surface area contributed by atoms with E-state index in [0.29, 0.717) is 0 Å². The van der Waals surface area contributed by atoms with Gasteiger partial charge in [0, 0.05) is 6.92 Å². The van der Waals surface area contributed by atoms with E-state index in [1.54, 1.807) is 13.8 Å². The van der Waals surface area contributed by atoms with Gasteiger partial charge in [0.2, 0.25) is 0 Å². The number of esters is 2. The van der Waals surface area contributed by atoms with Gasteiger partial charge in [0.1, 0.15) is 5.60 Å². The minimum absolute atomic E-state index is 0.307. The normalized spacial score (nSPS) is 10.8. The van der Waals surface area contributed by atoms with E-state index in [0.717, 1.165) is 6.42 Å². The molecule has 0 radical (unpaired) electrons. The zero-order valence-corrected chi connectivity index (χ0v) is 8.55. The van der Waals surface area contributed by atoms with E-state index >= 15 is 0 Å². The summed E-state index contributed by atoms with van der Waals surface area (Å²) in [4.78, 5) is 21.4. The third-order valence-electron chi connectivity index (χ3n) is 1.63. The summed E-state index contributed by atoms with van der Waals surface area (Å²) in [5, 5.41) is 0. The lowest BCUT2D eigenvalue weighted by atomic mass is 10.1. The molecule has 0 N–H and O–H groups in total. The maximum Gasteiger partial charge on any atom is 0.344 e. The molecule has 0 aliphatic rings. The molecule has 76 valence electrons. The van der Waals surface area contributed by atoms with E-state index < -0.39 is 17.5 Å². The summed E-state index contributed by atoms with van der Waals surface area (Å²) in [7, 11) is 0. The summed E-state index contributed by atoms with van der Waals surface area (Å²) < 4.78 is 9.50. The van der Waals surface area contributed by atoms with Crippen molar-refractivity contribution in [1.82, 2.24) is 0 Å². The first-order chi connectivity index (χ1) is 5.87. The Morgan fingerprint density at radius 1 is 1.31 bits per heavy atom. The molecule has 0 aromatic carbocycles. The van der Waals surface area contributed by atoms with Gasteiger partial charge >= 0.3 is 11.9 Å². The molecule has 0 aromatic heterocycles. The average molecular weight is 188 g/mol. The maximum absolute atomic E-state index is 11.0. The van der Waals surface area contributed by atoms with Crippen molar-refractivity contribution in [2.45, 2.75) is 39.7 Å². The predicted molar refractivity (Wildman–Crippen MR) is 47.1 cm³/mol. The molecule has 0 spiro atoms. The molecule has 0 heterocycles. The summed E-state index contributed by atoms with van der Waals surface area (Å²) in [6.07, 6.45) is 0.721. The van der Waals surface area contributed by atoms with Gasteiger partial charge < -0.3 is 9.47 Å². The summed E-state index contributed by atoms with van der Waals surface area (Å²) in [6.45, 7) is 6.47. The van der Waals surface area contributed by atoms with Crippen molar-refractivity contribution in [3.8, 4) is 0 Å². The lowest BCUT2D eigenvalue weighted by Crippen LogP contribution is -2.29. The highest BCUT2D eigenvalue weighted by atomic mass is 16.6. The Morgan fingerprint density at radius 3 is 2.23 bits per heavy atom. The second-order valence-electron chi connectivity index (χ2n) is 3.37. The fourth-order valence-electron chi connectivity index (χ4n) is 0.570. The van der Waals surface area contributed by atoms with E-state index in [1.807, 2.05) is 6.92 Å². The fraction of sp³-hybridized carbons (Fsp3) is 0.778. The Morgan fingerprint density at radius 2 is 1.85 bits per heavy atom. The molecule has 0 aliphatic heterocycles. The van der Waals surface area contributed by atoms with Crippen molar-refractivity contribution in [2.75, 3.05) is 6.61 Å². The van der Waals surface area contributed by atoms with Crippen LogP contribution in [0.4, 0.5) is 0 Å². The molecule has 4 nitrogen and oxygen atoms in total. The number of rotatable bonds is 4. The largest absolute Gasteiger partial charge is 0.457 e. The molecule has 0 rings (SSSR count). The SMILES string of the molecule is CCC(C)(C)OC(=O)COC(C)=O. The minimum atomic E-state index is -0.512. The average Bonchev–Trinajstić information content (AvgIpc) is 2.00. The van der Waals surface area contributed by atoms with Gasteiger partial charge in [-0.3, -0.25) is 4.79 Å². The highest BCUT2D eigenvalue weighted by Crippen LogP contribution is 2.13. The Hall–Kier alpha value is -1.06. The minimum Gasteiger partial charge on any atom is -0.457 e. The number of hydrogen-bond donors (Lipinski definition) is 0. The van der Waals surface area contributed by atoms with Crippen LogP contribution in [0.2, 0.25) is 0 Å². The first kappa shape index (κ1) is 11.9. The molecule has 4 heteroatoms. The molecule has 13 heavy (non-hydrogen) atoms. The van der Waals surface area contributed by atoms with Crippen molar-refractivity contribution in [2.24, 2.45) is 0 Å². The van der Waals surface area contributed by atoms with Crippen molar-refractivity contribution in [1.29, 1.82) is 0 Å². The zero-order valence-electron chi connectivity index (χ0n) is 8.55. The molecule has 0 unspecified atom stereocenters. The second kappa shape index (κ2) is 4.84. The van der Waals surface area contributed by atoms with Crippen molar-refractivity contribution >= 4 is 11.9 Å². The summed E-state index contributed by atoms with van der Waals surface area (Å²) in [5.41, 5.74) is -0.489. The van der Waals surface area contributed by atoms with Gasteiger partial charge in [-0.05, 0) is 20.3 Å². The molecule has 0 amide bonds. The van der Waals surface area contributed by atoms with Crippen LogP contribution in [0.5, 0.6) is 0 Å². The van der Waals surface area contributed by atoms with E-state index in [-0.39, 0.29) is 6.61 Å². The Labute approximate surface area is 78.2 Å². The topological polar surface area (TPSA) is 52.6 Å². The van der Waals surface area contributed by atoms with Gasteiger partial charge in [-0.1, -0.05) is 6.92 Å². The van der Waals surface area contributed by atoms with Gasteiger partial charge in [-0.15, -0.1) is 0 Å². The summed E-state index contributed by atoms with van der Waals surface area (Å²) >= 11 is 0. The predicted octanol–water partition coefficient (Wildman–Crippen LogP) is 1.28. The Kier molecular flexibility index (Phi) is 4.45. The van der Waals surface area contributed by atoms with Crippen LogP contribution in [0, 0.1) is 0 Å². The number of ether oxygens (including phenoxy) is 2. The van der Waals surface area contributed by atoms with Crippen LogP contribution in [0.15, 0.2) is 0 Å². The van der Waals surface area contributed by atoms with E-state index in [1.165, 1.54) is 6.92 Å². The third-order valence-corrected chi connectivity index (χ3v) is 1.63. The Balaban J connectivity index is 3.81. The summed E-state index contributed by atoms with van der Waals surface area (Å²) in [5.74, 6) is -0.992. The number of carbonyl (C=O) groups is 2. The van der Waals surface area contributed by atoms with Crippen LogP contribution >= 0.6 is 0 Å². The quantitative estimate of drug-likeness (QED) is 0.623. The molecule has 0 saturated heterocycles. The van der Waals surface area contributed by atoms with Crippen LogP contribution in [0.1, 0.15) is 34.1 Å². The van der Waals surface area contributed by atoms with Gasteiger partial charge in [0.25, 0.3) is 0 Å². The second-order valence-corrected chi connectivity index (χ2v) is 3.37. The van der Waals surface area contributed by atoms with Crippen LogP contribution in [-0.2, 0) is 19.1 Å². The monoisotopic (exact) mass is 188 g/mol. The number of hydrogen-bond acceptors (Lipinski definition) is 4.